The topological polar surface area (TPSA) is 71.3 Å². The molecule has 0 radical (unpaired) electrons. The molecule has 0 atom stereocenters. The van der Waals surface area contributed by atoms with Crippen LogP contribution >= 0.6 is 39.3 Å². The minimum Gasteiger partial charge on any atom is -0.370 e. The van der Waals surface area contributed by atoms with E-state index in [0.717, 1.165) is 46.6 Å². The zero-order chi connectivity index (χ0) is 19.9. The fourth-order valence-electron chi connectivity index (χ4n) is 2.75. The van der Waals surface area contributed by atoms with Crippen molar-refractivity contribution >= 4 is 56.7 Å². The fourth-order valence-corrected chi connectivity index (χ4v) is 3.69. The summed E-state index contributed by atoms with van der Waals surface area (Å²) in [5.74, 6) is 1.44. The number of hydrogen-bond donors (Lipinski definition) is 2. The number of benzene rings is 1. The maximum Gasteiger partial charge on any atom is 0.229 e. The van der Waals surface area contributed by atoms with Gasteiger partial charge in [0.15, 0.2) is 5.65 Å². The smallest absolute Gasteiger partial charge is 0.229 e. The Balaban J connectivity index is 1.69. The number of unbranched alkanes of at least 4 members (excludes halogenated alkanes) is 1. The van der Waals surface area contributed by atoms with E-state index in [-0.39, 0.29) is 5.91 Å². The standard InChI is InChI=1S/C19H21BrClN5OS/c1-28-12-18(27)23-9-5-4-8-22-17-10-16(13-6-2-3-7-15(13)21)25-19-14(20)11-24-26(17)19/h2-3,6-7,10-11,22H,4-5,8-9,12H2,1H3,(H,23,27). The quantitative estimate of drug-likeness (QED) is 0.440. The molecule has 0 aliphatic carbocycles. The van der Waals surface area contributed by atoms with Gasteiger partial charge in [0, 0.05) is 29.7 Å². The minimum absolute atomic E-state index is 0.0853. The lowest BCUT2D eigenvalue weighted by Gasteiger charge is -2.12. The Labute approximate surface area is 181 Å². The van der Waals surface area contributed by atoms with Crippen LogP contribution in [0.3, 0.4) is 0 Å². The van der Waals surface area contributed by atoms with E-state index in [1.165, 1.54) is 11.8 Å². The fraction of sp³-hybridized carbons (Fsp3) is 0.316. The molecule has 148 valence electrons. The van der Waals surface area contributed by atoms with Crippen LogP contribution in [0.1, 0.15) is 12.8 Å². The van der Waals surface area contributed by atoms with Gasteiger partial charge in [-0.05, 0) is 41.1 Å². The van der Waals surface area contributed by atoms with Crippen LogP contribution in [-0.2, 0) is 4.79 Å². The van der Waals surface area contributed by atoms with Crippen LogP contribution in [0.5, 0.6) is 0 Å². The Morgan fingerprint density at radius 2 is 2.07 bits per heavy atom. The normalized spacial score (nSPS) is 11.0. The number of nitrogens with one attached hydrogen (secondary N) is 2. The first-order chi connectivity index (χ1) is 13.6. The SMILES string of the molecule is CSCC(=O)NCCCCNc1cc(-c2ccccc2Cl)nc2c(Br)cnn12. The van der Waals surface area contributed by atoms with Gasteiger partial charge in [0.05, 0.1) is 22.1 Å². The first kappa shape index (κ1) is 21.0. The van der Waals surface area contributed by atoms with Crippen LogP contribution in [0.2, 0.25) is 5.02 Å². The van der Waals surface area contributed by atoms with Crippen molar-refractivity contribution < 1.29 is 4.79 Å². The molecule has 0 aliphatic heterocycles. The highest BCUT2D eigenvalue weighted by Gasteiger charge is 2.13. The van der Waals surface area contributed by atoms with Crippen molar-refractivity contribution in [2.24, 2.45) is 0 Å². The zero-order valence-corrected chi connectivity index (χ0v) is 18.6. The predicted octanol–water partition coefficient (Wildman–Crippen LogP) is 4.48. The van der Waals surface area contributed by atoms with E-state index >= 15 is 0 Å². The highest BCUT2D eigenvalue weighted by atomic mass is 79.9. The summed E-state index contributed by atoms with van der Waals surface area (Å²) in [6.07, 6.45) is 5.48. The van der Waals surface area contributed by atoms with Gasteiger partial charge in [0.2, 0.25) is 5.91 Å². The molecule has 2 aromatic heterocycles. The third-order valence-corrected chi connectivity index (χ3v) is 5.53. The van der Waals surface area contributed by atoms with Gasteiger partial charge in [0.1, 0.15) is 5.82 Å². The van der Waals surface area contributed by atoms with Crippen molar-refractivity contribution in [1.82, 2.24) is 19.9 Å². The summed E-state index contributed by atoms with van der Waals surface area (Å²) in [6.45, 7) is 1.45. The lowest BCUT2D eigenvalue weighted by Crippen LogP contribution is -2.26. The van der Waals surface area contributed by atoms with Crippen LogP contribution < -0.4 is 10.6 Å². The molecule has 0 bridgehead atoms. The third kappa shape index (κ3) is 5.18. The Hall–Kier alpha value is -1.77. The number of anilines is 1. The second-order valence-corrected chi connectivity index (χ2v) is 8.28. The first-order valence-corrected chi connectivity index (χ1v) is 11.5. The lowest BCUT2D eigenvalue weighted by atomic mass is 10.1. The van der Waals surface area contributed by atoms with Crippen molar-refractivity contribution in [2.45, 2.75) is 12.8 Å². The van der Waals surface area contributed by atoms with E-state index in [9.17, 15) is 4.79 Å². The highest BCUT2D eigenvalue weighted by molar-refractivity contribution is 9.10. The molecule has 28 heavy (non-hydrogen) atoms. The van der Waals surface area contributed by atoms with Gasteiger partial charge in [-0.1, -0.05) is 29.8 Å². The summed E-state index contributed by atoms with van der Waals surface area (Å²) >= 11 is 11.4. The number of halogens is 2. The Morgan fingerprint density at radius 3 is 2.86 bits per heavy atom. The van der Waals surface area contributed by atoms with E-state index in [1.54, 1.807) is 10.7 Å². The molecule has 0 unspecified atom stereocenters. The number of carbonyl (C=O) groups is 1. The molecule has 0 spiro atoms. The zero-order valence-electron chi connectivity index (χ0n) is 15.4. The molecule has 6 nitrogen and oxygen atoms in total. The van der Waals surface area contributed by atoms with E-state index in [4.69, 9.17) is 16.6 Å². The number of amides is 1. The molecule has 0 aliphatic rings. The van der Waals surface area contributed by atoms with E-state index in [1.807, 2.05) is 36.6 Å². The largest absolute Gasteiger partial charge is 0.370 e. The summed E-state index contributed by atoms with van der Waals surface area (Å²) in [5.41, 5.74) is 2.38. The number of nitrogens with zero attached hydrogens (tertiary/aromatic N) is 3. The van der Waals surface area contributed by atoms with Crippen molar-refractivity contribution in [3.8, 4) is 11.3 Å². The molecule has 3 aromatic rings. The van der Waals surface area contributed by atoms with E-state index < -0.39 is 0 Å². The van der Waals surface area contributed by atoms with Crippen LogP contribution in [0.25, 0.3) is 16.9 Å². The number of hydrogen-bond acceptors (Lipinski definition) is 5. The van der Waals surface area contributed by atoms with Crippen LogP contribution in [0.15, 0.2) is 41.0 Å². The molecule has 2 heterocycles. The molecule has 0 saturated carbocycles. The van der Waals surface area contributed by atoms with Gasteiger partial charge in [-0.3, -0.25) is 4.79 Å². The second-order valence-electron chi connectivity index (χ2n) is 6.15. The number of rotatable bonds is 9. The molecule has 3 rings (SSSR count). The molecule has 2 N–H and O–H groups in total. The Morgan fingerprint density at radius 1 is 1.29 bits per heavy atom. The minimum atomic E-state index is 0.0853. The van der Waals surface area contributed by atoms with Gasteiger partial charge in [-0.2, -0.15) is 21.4 Å². The van der Waals surface area contributed by atoms with Crippen LogP contribution in [-0.4, -0.2) is 45.6 Å². The Bertz CT molecular complexity index is 965. The first-order valence-electron chi connectivity index (χ1n) is 8.89. The summed E-state index contributed by atoms with van der Waals surface area (Å²) < 4.78 is 2.59. The summed E-state index contributed by atoms with van der Waals surface area (Å²) in [7, 11) is 0. The lowest BCUT2D eigenvalue weighted by molar-refractivity contribution is -0.118. The third-order valence-electron chi connectivity index (χ3n) is 4.09. The van der Waals surface area contributed by atoms with Gasteiger partial charge in [-0.25, -0.2) is 4.98 Å². The van der Waals surface area contributed by atoms with E-state index in [2.05, 4.69) is 31.7 Å². The number of fused-ring (bicyclic) bond motifs is 1. The number of aromatic nitrogens is 3. The maximum atomic E-state index is 11.5. The van der Waals surface area contributed by atoms with Gasteiger partial charge in [-0.15, -0.1) is 0 Å². The summed E-state index contributed by atoms with van der Waals surface area (Å²) in [6, 6.07) is 9.60. The average Bonchev–Trinajstić information content (AvgIpc) is 3.06. The molecule has 1 amide bonds. The van der Waals surface area contributed by atoms with Gasteiger partial charge >= 0.3 is 0 Å². The van der Waals surface area contributed by atoms with E-state index in [0.29, 0.717) is 17.3 Å². The van der Waals surface area contributed by atoms with Gasteiger partial charge < -0.3 is 10.6 Å². The summed E-state index contributed by atoms with van der Waals surface area (Å²) in [4.78, 5) is 16.2. The van der Waals surface area contributed by atoms with Crippen LogP contribution in [0.4, 0.5) is 5.82 Å². The number of thioether (sulfide) groups is 1. The predicted molar refractivity (Wildman–Crippen MR) is 120 cm³/mol. The average molecular weight is 483 g/mol. The van der Waals surface area contributed by atoms with Crippen molar-refractivity contribution in [3.63, 3.8) is 0 Å². The van der Waals surface area contributed by atoms with Crippen molar-refractivity contribution in [3.05, 3.63) is 46.0 Å². The molecule has 9 heteroatoms. The molecule has 0 fully saturated rings. The maximum absolute atomic E-state index is 11.5. The van der Waals surface area contributed by atoms with Crippen molar-refractivity contribution in [2.75, 3.05) is 30.4 Å². The van der Waals surface area contributed by atoms with Gasteiger partial charge in [0.25, 0.3) is 0 Å². The van der Waals surface area contributed by atoms with Crippen LogP contribution in [0, 0.1) is 0 Å². The Kier molecular flexibility index (Phi) is 7.58. The molecular weight excluding hydrogens is 462 g/mol. The monoisotopic (exact) mass is 481 g/mol. The molecular formula is C19H21BrClN5OS. The second kappa shape index (κ2) is 10.1. The van der Waals surface area contributed by atoms with Crippen molar-refractivity contribution in [1.29, 1.82) is 0 Å². The molecule has 1 aromatic carbocycles. The molecule has 0 saturated heterocycles. The highest BCUT2D eigenvalue weighted by Crippen LogP contribution is 2.30. The number of carbonyl (C=O) groups excluding carboxylic acids is 1. The summed E-state index contributed by atoms with van der Waals surface area (Å²) in [5, 5.41) is 11.4.